The molecule has 0 bridgehead atoms. The van der Waals surface area contributed by atoms with Crippen molar-refractivity contribution >= 4 is 23.2 Å². The van der Waals surface area contributed by atoms with Gasteiger partial charge in [0.25, 0.3) is 0 Å². The summed E-state index contributed by atoms with van der Waals surface area (Å²) in [7, 11) is 0. The first-order valence-corrected chi connectivity index (χ1v) is 3.97. The van der Waals surface area contributed by atoms with Gasteiger partial charge in [-0.3, -0.25) is 4.79 Å². The standard InChI is InChI=1S/C9H7N3O2/c13-6-14-12-9-7-3-1-2-4-8(7)10-5-11-9/h1-6H,(H,10,11,12). The lowest BCUT2D eigenvalue weighted by Gasteiger charge is -2.03. The first-order chi connectivity index (χ1) is 6.92. The number of aromatic nitrogens is 2. The maximum Gasteiger partial charge on any atom is 0.320 e. The summed E-state index contributed by atoms with van der Waals surface area (Å²) in [5, 5.41) is 0.803. The molecule has 5 nitrogen and oxygen atoms in total. The van der Waals surface area contributed by atoms with E-state index in [9.17, 15) is 4.79 Å². The van der Waals surface area contributed by atoms with E-state index in [0.717, 1.165) is 10.9 Å². The van der Waals surface area contributed by atoms with Crippen LogP contribution >= 0.6 is 0 Å². The van der Waals surface area contributed by atoms with Crippen LogP contribution in [0, 0.1) is 0 Å². The van der Waals surface area contributed by atoms with Crippen LogP contribution in [0.15, 0.2) is 30.6 Å². The number of carbonyl (C=O) groups is 1. The average molecular weight is 189 g/mol. The SMILES string of the molecule is O=CONc1ncnc2ccccc12. The second-order valence-electron chi connectivity index (χ2n) is 2.56. The van der Waals surface area contributed by atoms with Crippen LogP contribution in [0.5, 0.6) is 0 Å². The van der Waals surface area contributed by atoms with Crippen LogP contribution < -0.4 is 5.48 Å². The Bertz CT molecular complexity index is 453. The van der Waals surface area contributed by atoms with Crippen molar-refractivity contribution in [1.29, 1.82) is 0 Å². The molecule has 70 valence electrons. The number of hydrogen-bond donors (Lipinski definition) is 1. The molecule has 0 saturated carbocycles. The van der Waals surface area contributed by atoms with Gasteiger partial charge in [0.15, 0.2) is 5.82 Å². The molecule has 1 aromatic heterocycles. The first kappa shape index (κ1) is 8.43. The molecule has 1 heterocycles. The fourth-order valence-electron chi connectivity index (χ4n) is 1.17. The van der Waals surface area contributed by atoms with Crippen LogP contribution in [-0.2, 0) is 9.63 Å². The number of anilines is 1. The van der Waals surface area contributed by atoms with Gasteiger partial charge < -0.3 is 4.84 Å². The lowest BCUT2D eigenvalue weighted by molar-refractivity contribution is -0.126. The van der Waals surface area contributed by atoms with Crippen molar-refractivity contribution in [3.8, 4) is 0 Å². The molecule has 0 amide bonds. The van der Waals surface area contributed by atoms with E-state index in [0.29, 0.717) is 12.3 Å². The molecule has 1 N–H and O–H groups in total. The van der Waals surface area contributed by atoms with Gasteiger partial charge in [0.2, 0.25) is 0 Å². The van der Waals surface area contributed by atoms with E-state index in [1.807, 2.05) is 24.3 Å². The number of nitrogens with one attached hydrogen (secondary N) is 1. The monoisotopic (exact) mass is 189 g/mol. The maximum absolute atomic E-state index is 9.99. The number of para-hydroxylation sites is 1. The number of carbonyl (C=O) groups excluding carboxylic acids is 1. The summed E-state index contributed by atoms with van der Waals surface area (Å²) in [6.45, 7) is 0.302. The first-order valence-electron chi connectivity index (χ1n) is 3.97. The molecular formula is C9H7N3O2. The Morgan fingerprint density at radius 2 is 2.14 bits per heavy atom. The van der Waals surface area contributed by atoms with Gasteiger partial charge >= 0.3 is 6.47 Å². The topological polar surface area (TPSA) is 64.1 Å². The summed E-state index contributed by atoms with van der Waals surface area (Å²) < 4.78 is 0. The Labute approximate surface area is 79.7 Å². The van der Waals surface area contributed by atoms with Crippen LogP contribution in [0.25, 0.3) is 10.9 Å². The van der Waals surface area contributed by atoms with Gasteiger partial charge in [0.1, 0.15) is 6.33 Å². The highest BCUT2D eigenvalue weighted by Crippen LogP contribution is 2.17. The van der Waals surface area contributed by atoms with Crippen molar-refractivity contribution in [3.05, 3.63) is 30.6 Å². The van der Waals surface area contributed by atoms with Crippen LogP contribution in [0.2, 0.25) is 0 Å². The molecule has 0 radical (unpaired) electrons. The second-order valence-corrected chi connectivity index (χ2v) is 2.56. The number of fused-ring (bicyclic) bond motifs is 1. The minimum atomic E-state index is 0.302. The molecule has 0 aliphatic rings. The highest BCUT2D eigenvalue weighted by molar-refractivity contribution is 5.88. The van der Waals surface area contributed by atoms with E-state index in [1.165, 1.54) is 6.33 Å². The molecule has 14 heavy (non-hydrogen) atoms. The predicted molar refractivity (Wildman–Crippen MR) is 50.3 cm³/mol. The minimum Gasteiger partial charge on any atom is -0.345 e. The van der Waals surface area contributed by atoms with Crippen LogP contribution in [0.4, 0.5) is 5.82 Å². The van der Waals surface area contributed by atoms with E-state index in [2.05, 4.69) is 20.3 Å². The molecule has 1 aromatic carbocycles. The molecule has 0 spiro atoms. The molecule has 2 rings (SSSR count). The third kappa shape index (κ3) is 1.47. The molecule has 0 aliphatic heterocycles. The summed E-state index contributed by atoms with van der Waals surface area (Å²) in [6, 6.07) is 7.42. The zero-order valence-electron chi connectivity index (χ0n) is 7.18. The predicted octanol–water partition coefficient (Wildman–Crippen LogP) is 1.13. The Kier molecular flexibility index (Phi) is 2.22. The molecule has 0 saturated heterocycles. The van der Waals surface area contributed by atoms with Gasteiger partial charge in [-0.05, 0) is 12.1 Å². The summed E-state index contributed by atoms with van der Waals surface area (Å²) in [4.78, 5) is 22.4. The largest absolute Gasteiger partial charge is 0.345 e. The smallest absolute Gasteiger partial charge is 0.320 e. The van der Waals surface area contributed by atoms with Crippen molar-refractivity contribution in [3.63, 3.8) is 0 Å². The Balaban J connectivity index is 2.48. The maximum atomic E-state index is 9.99. The van der Waals surface area contributed by atoms with Crippen LogP contribution in [-0.4, -0.2) is 16.4 Å². The quantitative estimate of drug-likeness (QED) is 0.579. The Morgan fingerprint density at radius 3 is 3.00 bits per heavy atom. The average Bonchev–Trinajstić information content (AvgIpc) is 2.26. The third-order valence-corrected chi connectivity index (χ3v) is 1.75. The van der Waals surface area contributed by atoms with Gasteiger partial charge in [0.05, 0.1) is 5.52 Å². The zero-order valence-corrected chi connectivity index (χ0v) is 7.18. The van der Waals surface area contributed by atoms with E-state index < -0.39 is 0 Å². The van der Waals surface area contributed by atoms with Crippen molar-refractivity contribution in [2.75, 3.05) is 5.48 Å². The lowest BCUT2D eigenvalue weighted by atomic mass is 10.2. The number of hydrogen-bond acceptors (Lipinski definition) is 5. The number of benzene rings is 1. The fraction of sp³-hybridized carbons (Fsp3) is 0. The van der Waals surface area contributed by atoms with Gasteiger partial charge in [-0.1, -0.05) is 12.1 Å². The minimum absolute atomic E-state index is 0.302. The van der Waals surface area contributed by atoms with Gasteiger partial charge in [0, 0.05) is 5.39 Å². The van der Waals surface area contributed by atoms with Gasteiger partial charge in [-0.15, -0.1) is 0 Å². The van der Waals surface area contributed by atoms with Crippen LogP contribution in [0.1, 0.15) is 0 Å². The summed E-state index contributed by atoms with van der Waals surface area (Å²) in [6.07, 6.45) is 1.40. The molecule has 0 aliphatic carbocycles. The van der Waals surface area contributed by atoms with Gasteiger partial charge in [-0.25, -0.2) is 15.4 Å². The highest BCUT2D eigenvalue weighted by Gasteiger charge is 2.01. The van der Waals surface area contributed by atoms with Crippen molar-refractivity contribution in [1.82, 2.24) is 9.97 Å². The van der Waals surface area contributed by atoms with Crippen LogP contribution in [0.3, 0.4) is 0 Å². The normalized spacial score (nSPS) is 9.71. The highest BCUT2D eigenvalue weighted by atomic mass is 16.7. The second kappa shape index (κ2) is 3.69. The van der Waals surface area contributed by atoms with E-state index >= 15 is 0 Å². The molecule has 5 heteroatoms. The fourth-order valence-corrected chi connectivity index (χ4v) is 1.17. The molecule has 0 fully saturated rings. The number of rotatable bonds is 3. The molecule has 0 atom stereocenters. The molecule has 2 aromatic rings. The molecular weight excluding hydrogens is 182 g/mol. The summed E-state index contributed by atoms with van der Waals surface area (Å²) in [5.74, 6) is 0.475. The third-order valence-electron chi connectivity index (χ3n) is 1.75. The van der Waals surface area contributed by atoms with E-state index in [1.54, 1.807) is 0 Å². The Hall–Kier alpha value is -2.17. The van der Waals surface area contributed by atoms with E-state index in [4.69, 9.17) is 0 Å². The van der Waals surface area contributed by atoms with E-state index in [-0.39, 0.29) is 0 Å². The Morgan fingerprint density at radius 1 is 1.29 bits per heavy atom. The van der Waals surface area contributed by atoms with Crippen molar-refractivity contribution in [2.24, 2.45) is 0 Å². The van der Waals surface area contributed by atoms with Crippen molar-refractivity contribution < 1.29 is 9.63 Å². The lowest BCUT2D eigenvalue weighted by Crippen LogP contribution is -2.01. The molecule has 0 unspecified atom stereocenters. The zero-order chi connectivity index (χ0) is 9.80. The van der Waals surface area contributed by atoms with Gasteiger partial charge in [-0.2, -0.15) is 0 Å². The van der Waals surface area contributed by atoms with Crippen molar-refractivity contribution in [2.45, 2.75) is 0 Å². The number of nitrogens with zero attached hydrogens (tertiary/aromatic N) is 2. The summed E-state index contributed by atoms with van der Waals surface area (Å²) >= 11 is 0. The summed E-state index contributed by atoms with van der Waals surface area (Å²) in [5.41, 5.74) is 3.21.